The number of likely N-dealkylation sites (tertiary alicyclic amines) is 1. The van der Waals surface area contributed by atoms with Gasteiger partial charge in [-0.15, -0.1) is 4.99 Å². The van der Waals surface area contributed by atoms with Crippen LogP contribution in [0.5, 0.6) is 5.75 Å². The van der Waals surface area contributed by atoms with Crippen molar-refractivity contribution >= 4 is 40.8 Å². The molecule has 1 fully saturated rings. The first-order valence-electron chi connectivity index (χ1n) is 11.5. The van der Waals surface area contributed by atoms with Gasteiger partial charge < -0.3 is 19.3 Å². The minimum Gasteiger partial charge on any atom is -0.487 e. The van der Waals surface area contributed by atoms with E-state index in [1.807, 2.05) is 42.3 Å². The summed E-state index contributed by atoms with van der Waals surface area (Å²) in [5, 5.41) is 17.1. The summed E-state index contributed by atoms with van der Waals surface area (Å²) in [6, 6.07) is 14.1. The minimum absolute atomic E-state index is 0.0345. The van der Waals surface area contributed by atoms with Crippen molar-refractivity contribution in [3.63, 3.8) is 0 Å². The molecule has 0 radical (unpaired) electrons. The van der Waals surface area contributed by atoms with Gasteiger partial charge in [0.15, 0.2) is 0 Å². The lowest BCUT2D eigenvalue weighted by atomic mass is 10.0. The Morgan fingerprint density at radius 3 is 2.36 bits per heavy atom. The zero-order valence-corrected chi connectivity index (χ0v) is 21.5. The number of nitriles is 1. The number of ether oxygens (including phenoxy) is 2. The van der Waals surface area contributed by atoms with E-state index in [2.05, 4.69) is 4.99 Å². The molecule has 0 spiro atoms. The Labute approximate surface area is 220 Å². The highest BCUT2D eigenvalue weighted by Gasteiger charge is 2.40. The molecule has 1 unspecified atom stereocenters. The van der Waals surface area contributed by atoms with Gasteiger partial charge in [0.05, 0.1) is 31.4 Å². The van der Waals surface area contributed by atoms with Crippen molar-refractivity contribution in [3.05, 3.63) is 64.1 Å². The summed E-state index contributed by atoms with van der Waals surface area (Å²) >= 11 is 12.0. The summed E-state index contributed by atoms with van der Waals surface area (Å²) in [6.45, 7) is 3.77. The second-order valence-electron chi connectivity index (χ2n) is 8.31. The third kappa shape index (κ3) is 5.73. The Kier molecular flexibility index (Phi) is 8.31. The quantitative estimate of drug-likeness (QED) is 0.310. The number of methoxy groups -OCH3 is 1. The van der Waals surface area contributed by atoms with Crippen LogP contribution in [-0.2, 0) is 9.53 Å². The number of guanidine groups is 1. The average Bonchev–Trinajstić information content (AvgIpc) is 3.27. The zero-order chi connectivity index (χ0) is 25.7. The molecule has 1 saturated heterocycles. The number of amides is 1. The highest BCUT2D eigenvalue weighted by Crippen LogP contribution is 2.25. The molecule has 9 nitrogen and oxygen atoms in total. The molecule has 11 heteroatoms. The van der Waals surface area contributed by atoms with Gasteiger partial charge in [-0.3, -0.25) is 4.79 Å². The van der Waals surface area contributed by atoms with Gasteiger partial charge >= 0.3 is 0 Å². The topological polar surface area (TPSA) is 93.8 Å². The third-order valence-electron chi connectivity index (χ3n) is 5.96. The van der Waals surface area contributed by atoms with E-state index in [9.17, 15) is 10.1 Å². The van der Waals surface area contributed by atoms with Crippen LogP contribution >= 0.6 is 23.2 Å². The maximum absolute atomic E-state index is 12.8. The summed E-state index contributed by atoms with van der Waals surface area (Å²) in [5.41, 5.74) is 1.53. The van der Waals surface area contributed by atoms with Crippen LogP contribution in [0.15, 0.2) is 58.6 Å². The molecule has 188 valence electrons. The van der Waals surface area contributed by atoms with Gasteiger partial charge in [0.2, 0.25) is 18.1 Å². The van der Waals surface area contributed by atoms with Crippen molar-refractivity contribution in [2.75, 3.05) is 39.9 Å². The Bertz CT molecular complexity index is 1170. The van der Waals surface area contributed by atoms with Crippen LogP contribution in [-0.4, -0.2) is 84.4 Å². The van der Waals surface area contributed by atoms with Crippen LogP contribution in [0.25, 0.3) is 0 Å². The van der Waals surface area contributed by atoms with Gasteiger partial charge in [-0.25, -0.2) is 5.01 Å². The lowest BCUT2D eigenvalue weighted by Gasteiger charge is -2.42. The highest BCUT2D eigenvalue weighted by atomic mass is 35.5. The fourth-order valence-electron chi connectivity index (χ4n) is 4.23. The fraction of sp³-hybridized carbons (Fsp3) is 0.360. The molecule has 0 bridgehead atoms. The number of aliphatic imine (C=N–C) groups is 1. The molecular weight excluding hydrogens is 503 g/mol. The summed E-state index contributed by atoms with van der Waals surface area (Å²) in [5.74, 6) is 0.993. The molecule has 2 aromatic carbocycles. The normalized spacial score (nSPS) is 17.9. The number of carbonyl (C=O) groups excluding carboxylic acids is 1. The molecule has 0 aromatic heterocycles. The lowest BCUT2D eigenvalue weighted by Crippen LogP contribution is -2.59. The van der Waals surface area contributed by atoms with Crippen molar-refractivity contribution in [1.29, 1.82) is 5.26 Å². The summed E-state index contributed by atoms with van der Waals surface area (Å²) in [6.07, 6.45) is 1.82. The van der Waals surface area contributed by atoms with Crippen LogP contribution < -0.4 is 4.74 Å². The van der Waals surface area contributed by atoms with E-state index in [0.29, 0.717) is 47.9 Å². The molecule has 1 amide bonds. The molecule has 4 rings (SSSR count). The number of benzene rings is 2. The number of nitrogens with zero attached hydrogens (tertiary/aromatic N) is 6. The van der Waals surface area contributed by atoms with Crippen LogP contribution in [0.2, 0.25) is 10.0 Å². The maximum atomic E-state index is 12.8. The second-order valence-corrected chi connectivity index (χ2v) is 9.19. The van der Waals surface area contributed by atoms with Crippen LogP contribution in [0.1, 0.15) is 12.5 Å². The van der Waals surface area contributed by atoms with Crippen LogP contribution in [0.4, 0.5) is 0 Å². The second kappa shape index (κ2) is 11.6. The van der Waals surface area contributed by atoms with E-state index in [-0.39, 0.29) is 24.7 Å². The van der Waals surface area contributed by atoms with E-state index in [0.717, 1.165) is 11.3 Å². The number of hydrogen-bond donors (Lipinski definition) is 0. The van der Waals surface area contributed by atoms with Crippen molar-refractivity contribution < 1.29 is 14.3 Å². The van der Waals surface area contributed by atoms with Gasteiger partial charge in [-0.2, -0.15) is 10.4 Å². The predicted octanol–water partition coefficient (Wildman–Crippen LogP) is 3.48. The van der Waals surface area contributed by atoms with Crippen molar-refractivity contribution in [3.8, 4) is 11.9 Å². The molecule has 0 N–H and O–H groups in total. The van der Waals surface area contributed by atoms with Crippen LogP contribution in [0, 0.1) is 11.5 Å². The number of rotatable bonds is 7. The predicted molar refractivity (Wildman–Crippen MR) is 138 cm³/mol. The van der Waals surface area contributed by atoms with Crippen LogP contribution in [0.3, 0.4) is 0 Å². The molecule has 0 saturated carbocycles. The highest BCUT2D eigenvalue weighted by molar-refractivity contribution is 6.31. The molecule has 2 heterocycles. The number of hydrogen-bond acceptors (Lipinski definition) is 6. The standard InChI is InChI=1S/C25H26Cl2N6O3/c1-3-32(23(34)15-35-2)22-14-33(30-24(22)17-4-6-18(26)7-5-17)25(29-16-28)31-12-21(13-31)36-20-10-8-19(27)9-11-20/h4-11,21-22H,3,12-15H2,1-2H3/b29-25-. The largest absolute Gasteiger partial charge is 0.487 e. The number of hydrazone groups is 1. The smallest absolute Gasteiger partial charge is 0.249 e. The number of likely N-dealkylation sites (N-methyl/N-ethyl adjacent to an activating group) is 1. The molecular formula is C25H26Cl2N6O3. The SMILES string of the molecule is CCN(C(=O)COC)C1CN(/C(=N\C#N)N2CC(Oc3ccc(Cl)cc3)C2)N=C1c1ccc(Cl)cc1. The zero-order valence-electron chi connectivity index (χ0n) is 20.0. The van der Waals surface area contributed by atoms with Gasteiger partial charge in [-0.1, -0.05) is 35.3 Å². The van der Waals surface area contributed by atoms with Crippen molar-refractivity contribution in [2.45, 2.75) is 19.1 Å². The monoisotopic (exact) mass is 528 g/mol. The number of carbonyl (C=O) groups is 1. The number of halogens is 2. The lowest BCUT2D eigenvalue weighted by molar-refractivity contribution is -0.136. The molecule has 2 aliphatic heterocycles. The summed E-state index contributed by atoms with van der Waals surface area (Å²) in [4.78, 5) is 20.5. The molecule has 36 heavy (non-hydrogen) atoms. The Morgan fingerprint density at radius 1 is 1.14 bits per heavy atom. The molecule has 1 atom stereocenters. The van der Waals surface area contributed by atoms with Gasteiger partial charge in [0.1, 0.15) is 18.5 Å². The van der Waals surface area contributed by atoms with E-state index >= 15 is 0 Å². The Hall–Kier alpha value is -3.32. The summed E-state index contributed by atoms with van der Waals surface area (Å²) < 4.78 is 11.1. The van der Waals surface area contributed by atoms with E-state index in [4.69, 9.17) is 37.8 Å². The first-order chi connectivity index (χ1) is 17.4. The Balaban J connectivity index is 1.55. The van der Waals surface area contributed by atoms with Gasteiger partial charge in [-0.05, 0) is 43.3 Å². The van der Waals surface area contributed by atoms with E-state index in [1.54, 1.807) is 34.2 Å². The van der Waals surface area contributed by atoms with E-state index in [1.165, 1.54) is 7.11 Å². The first kappa shape index (κ1) is 25.8. The van der Waals surface area contributed by atoms with Crippen molar-refractivity contribution in [2.24, 2.45) is 10.1 Å². The maximum Gasteiger partial charge on any atom is 0.249 e. The molecule has 0 aliphatic carbocycles. The van der Waals surface area contributed by atoms with Gasteiger partial charge in [0, 0.05) is 29.3 Å². The van der Waals surface area contributed by atoms with E-state index < -0.39 is 0 Å². The Morgan fingerprint density at radius 2 is 1.78 bits per heavy atom. The summed E-state index contributed by atoms with van der Waals surface area (Å²) in [7, 11) is 1.49. The first-order valence-corrected chi connectivity index (χ1v) is 12.2. The third-order valence-corrected chi connectivity index (χ3v) is 6.47. The minimum atomic E-state index is -0.356. The molecule has 2 aliphatic rings. The van der Waals surface area contributed by atoms with Crippen molar-refractivity contribution in [1.82, 2.24) is 14.8 Å². The molecule has 2 aromatic rings. The average molecular weight is 529 g/mol. The van der Waals surface area contributed by atoms with Gasteiger partial charge in [0.25, 0.3) is 0 Å². The fourth-order valence-corrected chi connectivity index (χ4v) is 4.48.